The van der Waals surface area contributed by atoms with Crippen molar-refractivity contribution in [3.05, 3.63) is 33.3 Å². The summed E-state index contributed by atoms with van der Waals surface area (Å²) in [5.74, 6) is 1.20. The van der Waals surface area contributed by atoms with Gasteiger partial charge in [-0.1, -0.05) is 0 Å². The number of rotatable bonds is 2. The topological polar surface area (TPSA) is 63.8 Å². The van der Waals surface area contributed by atoms with Gasteiger partial charge in [-0.15, -0.1) is 22.7 Å². The molecule has 0 amide bonds. The molecule has 1 atom stereocenters. The van der Waals surface area contributed by atoms with Gasteiger partial charge in [0.1, 0.15) is 10.6 Å². The van der Waals surface area contributed by atoms with Crippen molar-refractivity contribution in [2.24, 2.45) is 0 Å². The molecule has 3 aromatic heterocycles. The third-order valence-corrected chi connectivity index (χ3v) is 5.51. The van der Waals surface area contributed by atoms with Gasteiger partial charge in [0.05, 0.1) is 11.4 Å². The number of aryl methyl sites for hydroxylation is 1. The van der Waals surface area contributed by atoms with Crippen LogP contribution in [0.4, 0.5) is 11.8 Å². The molecule has 3 N–H and O–H groups in total. The fourth-order valence-corrected chi connectivity index (χ4v) is 4.54. The number of hydrogen-bond acceptors (Lipinski definition) is 6. The third kappa shape index (κ3) is 1.96. The Morgan fingerprint density at radius 1 is 1.20 bits per heavy atom. The molecule has 102 valence electrons. The van der Waals surface area contributed by atoms with E-state index >= 15 is 0 Å². The van der Waals surface area contributed by atoms with Crippen LogP contribution in [0.2, 0.25) is 0 Å². The molecule has 0 saturated carbocycles. The summed E-state index contributed by atoms with van der Waals surface area (Å²) in [6.07, 6.45) is 3.56. The Balaban J connectivity index is 1.74. The molecule has 1 aliphatic carbocycles. The fraction of sp³-hybridized carbons (Fsp3) is 0.286. The molecule has 3 aromatic rings. The molecule has 4 nitrogen and oxygen atoms in total. The maximum absolute atomic E-state index is 5.81. The fourth-order valence-electron chi connectivity index (χ4n) is 2.78. The highest BCUT2D eigenvalue weighted by Gasteiger charge is 2.22. The molecule has 6 heteroatoms. The second-order valence-electron chi connectivity index (χ2n) is 4.96. The largest absolute Gasteiger partial charge is 0.368 e. The molecule has 4 rings (SSSR count). The first-order valence-corrected chi connectivity index (χ1v) is 8.41. The van der Waals surface area contributed by atoms with E-state index in [9.17, 15) is 0 Å². The predicted octanol–water partition coefficient (Wildman–Crippen LogP) is 3.82. The van der Waals surface area contributed by atoms with Crippen LogP contribution in [0.5, 0.6) is 0 Å². The van der Waals surface area contributed by atoms with Crippen molar-refractivity contribution in [3.8, 4) is 0 Å². The Kier molecular flexibility index (Phi) is 2.85. The normalized spacial score (nSPS) is 18.1. The monoisotopic (exact) mass is 302 g/mol. The Morgan fingerprint density at radius 2 is 2.10 bits per heavy atom. The lowest BCUT2D eigenvalue weighted by atomic mass is 9.94. The summed E-state index contributed by atoms with van der Waals surface area (Å²) in [6.45, 7) is 0. The number of nitrogens with one attached hydrogen (secondary N) is 1. The number of nitrogens with zero attached hydrogens (tertiary/aromatic N) is 2. The standard InChI is InChI=1S/C14H14N4S2/c15-14-17-12(9-5-7-20-13(9)18-14)16-10-2-1-3-11-8(10)4-6-19-11/h4-7,10H,1-3H2,(H3,15,16,17,18). The number of thiophene rings is 2. The number of anilines is 2. The Hall–Kier alpha value is -1.66. The van der Waals surface area contributed by atoms with E-state index in [1.807, 2.05) is 16.7 Å². The van der Waals surface area contributed by atoms with Crippen molar-refractivity contribution >= 4 is 44.7 Å². The smallest absolute Gasteiger partial charge is 0.223 e. The van der Waals surface area contributed by atoms with Gasteiger partial charge in [0.2, 0.25) is 5.95 Å². The van der Waals surface area contributed by atoms with Gasteiger partial charge < -0.3 is 11.1 Å². The number of aromatic nitrogens is 2. The van der Waals surface area contributed by atoms with Crippen molar-refractivity contribution in [2.45, 2.75) is 25.3 Å². The maximum Gasteiger partial charge on any atom is 0.223 e. The SMILES string of the molecule is Nc1nc(NC2CCCc3sccc32)c2ccsc2n1. The van der Waals surface area contributed by atoms with Crippen LogP contribution in [0.25, 0.3) is 10.2 Å². The van der Waals surface area contributed by atoms with Gasteiger partial charge in [0.15, 0.2) is 0 Å². The molecule has 0 spiro atoms. The average molecular weight is 302 g/mol. The van der Waals surface area contributed by atoms with Gasteiger partial charge >= 0.3 is 0 Å². The van der Waals surface area contributed by atoms with Gasteiger partial charge in [-0.05, 0) is 47.7 Å². The third-order valence-electron chi connectivity index (χ3n) is 3.71. The van der Waals surface area contributed by atoms with Gasteiger partial charge in [-0.25, -0.2) is 4.98 Å². The molecular formula is C14H14N4S2. The highest BCUT2D eigenvalue weighted by molar-refractivity contribution is 7.16. The number of nitrogen functional groups attached to an aromatic ring is 1. The van der Waals surface area contributed by atoms with Crippen molar-refractivity contribution < 1.29 is 0 Å². The molecular weight excluding hydrogens is 288 g/mol. The molecule has 0 bridgehead atoms. The molecule has 0 fully saturated rings. The molecule has 0 saturated heterocycles. The second-order valence-corrected chi connectivity index (χ2v) is 6.85. The minimum Gasteiger partial charge on any atom is -0.368 e. The highest BCUT2D eigenvalue weighted by Crippen LogP contribution is 2.37. The van der Waals surface area contributed by atoms with E-state index in [2.05, 4.69) is 32.8 Å². The van der Waals surface area contributed by atoms with E-state index in [0.29, 0.717) is 12.0 Å². The summed E-state index contributed by atoms with van der Waals surface area (Å²) in [6, 6.07) is 4.62. The first-order chi connectivity index (χ1) is 9.81. The first-order valence-electron chi connectivity index (χ1n) is 6.65. The minimum atomic E-state index is 0.336. The molecule has 1 aliphatic rings. The molecule has 20 heavy (non-hydrogen) atoms. The van der Waals surface area contributed by atoms with E-state index in [-0.39, 0.29) is 0 Å². The molecule has 0 aromatic carbocycles. The van der Waals surface area contributed by atoms with Crippen LogP contribution in [-0.4, -0.2) is 9.97 Å². The van der Waals surface area contributed by atoms with Crippen molar-refractivity contribution in [1.29, 1.82) is 0 Å². The lowest BCUT2D eigenvalue weighted by Gasteiger charge is -2.24. The Labute approximate surface area is 124 Å². The summed E-state index contributed by atoms with van der Waals surface area (Å²) >= 11 is 3.45. The van der Waals surface area contributed by atoms with Crippen molar-refractivity contribution in [1.82, 2.24) is 9.97 Å². The zero-order valence-corrected chi connectivity index (χ0v) is 12.4. The zero-order valence-electron chi connectivity index (χ0n) is 10.8. The van der Waals surface area contributed by atoms with Crippen LogP contribution in [-0.2, 0) is 6.42 Å². The summed E-state index contributed by atoms with van der Waals surface area (Å²) in [5.41, 5.74) is 7.23. The van der Waals surface area contributed by atoms with Gasteiger partial charge in [-0.3, -0.25) is 0 Å². The van der Waals surface area contributed by atoms with Crippen LogP contribution < -0.4 is 11.1 Å². The Bertz CT molecular complexity index is 761. The van der Waals surface area contributed by atoms with Crippen LogP contribution in [0, 0.1) is 0 Å². The number of nitrogens with two attached hydrogens (primary N) is 1. The molecule has 0 aliphatic heterocycles. The number of hydrogen-bond donors (Lipinski definition) is 2. The lowest BCUT2D eigenvalue weighted by Crippen LogP contribution is -2.17. The molecule has 3 heterocycles. The molecule has 0 radical (unpaired) electrons. The van der Waals surface area contributed by atoms with Gasteiger partial charge in [-0.2, -0.15) is 4.98 Å². The van der Waals surface area contributed by atoms with Crippen LogP contribution >= 0.6 is 22.7 Å². The maximum atomic E-state index is 5.81. The predicted molar refractivity (Wildman–Crippen MR) is 85.4 cm³/mol. The lowest BCUT2D eigenvalue weighted by molar-refractivity contribution is 0.607. The summed E-state index contributed by atoms with van der Waals surface area (Å²) in [5, 5.41) is 8.85. The van der Waals surface area contributed by atoms with Crippen LogP contribution in [0.15, 0.2) is 22.9 Å². The van der Waals surface area contributed by atoms with E-state index in [1.54, 1.807) is 11.3 Å². The average Bonchev–Trinajstić information content (AvgIpc) is 3.06. The first kappa shape index (κ1) is 12.1. The van der Waals surface area contributed by atoms with E-state index in [0.717, 1.165) is 22.5 Å². The number of fused-ring (bicyclic) bond motifs is 2. The highest BCUT2D eigenvalue weighted by atomic mass is 32.1. The second kappa shape index (κ2) is 4.71. The van der Waals surface area contributed by atoms with Crippen molar-refractivity contribution in [2.75, 3.05) is 11.1 Å². The summed E-state index contributed by atoms with van der Waals surface area (Å²) in [7, 11) is 0. The van der Waals surface area contributed by atoms with E-state index in [4.69, 9.17) is 5.73 Å². The minimum absolute atomic E-state index is 0.336. The summed E-state index contributed by atoms with van der Waals surface area (Å²) in [4.78, 5) is 11.1. The quantitative estimate of drug-likeness (QED) is 0.755. The van der Waals surface area contributed by atoms with Crippen molar-refractivity contribution in [3.63, 3.8) is 0 Å². The van der Waals surface area contributed by atoms with Crippen LogP contribution in [0.1, 0.15) is 29.3 Å². The van der Waals surface area contributed by atoms with Gasteiger partial charge in [0, 0.05) is 4.88 Å². The van der Waals surface area contributed by atoms with E-state index in [1.165, 1.54) is 23.3 Å². The van der Waals surface area contributed by atoms with E-state index < -0.39 is 0 Å². The zero-order chi connectivity index (χ0) is 13.5. The van der Waals surface area contributed by atoms with Crippen LogP contribution in [0.3, 0.4) is 0 Å². The Morgan fingerprint density at radius 3 is 3.05 bits per heavy atom. The summed E-state index contributed by atoms with van der Waals surface area (Å²) < 4.78 is 0. The molecule has 1 unspecified atom stereocenters. The van der Waals surface area contributed by atoms with Gasteiger partial charge in [0.25, 0.3) is 0 Å².